The average Bonchev–Trinajstić information content (AvgIpc) is 3.02. The molecule has 1 fully saturated rings. The lowest BCUT2D eigenvalue weighted by molar-refractivity contribution is -0.132. The van der Waals surface area contributed by atoms with Crippen LogP contribution in [0, 0.1) is 0 Å². The molecule has 2 heterocycles. The summed E-state index contributed by atoms with van der Waals surface area (Å²) in [6, 6.07) is 5.66. The van der Waals surface area contributed by atoms with E-state index in [2.05, 4.69) is 0 Å². The monoisotopic (exact) mass is 302 g/mol. The molecular weight excluding hydrogens is 280 g/mol. The van der Waals surface area contributed by atoms with Gasteiger partial charge in [0.1, 0.15) is 5.75 Å². The van der Waals surface area contributed by atoms with E-state index in [1.807, 2.05) is 34.9 Å². The number of carbonyl (C=O) groups is 2. The summed E-state index contributed by atoms with van der Waals surface area (Å²) in [4.78, 5) is 28.2. The number of rotatable bonds is 3. The van der Waals surface area contributed by atoms with Crippen LogP contribution in [0.4, 0.5) is 0 Å². The van der Waals surface area contributed by atoms with Gasteiger partial charge in [-0.05, 0) is 30.2 Å². The fourth-order valence-electron chi connectivity index (χ4n) is 3.03. The van der Waals surface area contributed by atoms with Gasteiger partial charge >= 0.3 is 0 Å². The normalized spacial score (nSPS) is 17.1. The molecule has 1 saturated heterocycles. The van der Waals surface area contributed by atoms with Crippen LogP contribution in [0.15, 0.2) is 18.2 Å². The zero-order valence-corrected chi connectivity index (χ0v) is 13.0. The first-order chi connectivity index (χ1) is 10.7. The largest absolute Gasteiger partial charge is 0.493 e. The minimum Gasteiger partial charge on any atom is -0.493 e. The molecule has 118 valence electrons. The molecule has 1 aromatic carbocycles. The maximum absolute atomic E-state index is 12.6. The second kappa shape index (κ2) is 6.38. The number of hydrogen-bond acceptors (Lipinski definition) is 3. The SMILES string of the molecule is CCCC(=O)N1CCN(C(=O)c2ccc3c(c2)CCO3)CC1. The quantitative estimate of drug-likeness (QED) is 0.854. The molecule has 0 spiro atoms. The van der Waals surface area contributed by atoms with Crippen molar-refractivity contribution in [1.29, 1.82) is 0 Å². The molecule has 1 aromatic rings. The van der Waals surface area contributed by atoms with Crippen LogP contribution < -0.4 is 4.74 Å². The predicted octanol–water partition coefficient (Wildman–Crippen LogP) is 1.71. The van der Waals surface area contributed by atoms with Crippen LogP contribution in [0.5, 0.6) is 5.75 Å². The topological polar surface area (TPSA) is 49.9 Å². The van der Waals surface area contributed by atoms with Gasteiger partial charge in [0.15, 0.2) is 0 Å². The molecule has 2 aliphatic heterocycles. The summed E-state index contributed by atoms with van der Waals surface area (Å²) in [6.07, 6.45) is 2.34. The standard InChI is InChI=1S/C17H22N2O3/c1-2-3-16(20)18-7-9-19(10-8-18)17(21)14-4-5-15-13(12-14)6-11-22-15/h4-5,12H,2-3,6-11H2,1H3. The highest BCUT2D eigenvalue weighted by Crippen LogP contribution is 2.26. The third kappa shape index (κ3) is 2.93. The summed E-state index contributed by atoms with van der Waals surface area (Å²) in [7, 11) is 0. The van der Waals surface area contributed by atoms with Gasteiger partial charge < -0.3 is 14.5 Å². The van der Waals surface area contributed by atoms with Gasteiger partial charge in [0.2, 0.25) is 5.91 Å². The van der Waals surface area contributed by atoms with Gasteiger partial charge in [-0.15, -0.1) is 0 Å². The molecule has 0 aromatic heterocycles. The molecule has 0 atom stereocenters. The lowest BCUT2D eigenvalue weighted by atomic mass is 10.1. The molecule has 0 radical (unpaired) electrons. The van der Waals surface area contributed by atoms with Crippen molar-refractivity contribution in [3.8, 4) is 5.75 Å². The molecule has 3 rings (SSSR count). The number of piperazine rings is 1. The lowest BCUT2D eigenvalue weighted by Crippen LogP contribution is -2.50. The number of amides is 2. The Kier molecular flexibility index (Phi) is 4.32. The lowest BCUT2D eigenvalue weighted by Gasteiger charge is -2.35. The smallest absolute Gasteiger partial charge is 0.253 e. The van der Waals surface area contributed by atoms with E-state index in [-0.39, 0.29) is 11.8 Å². The maximum atomic E-state index is 12.6. The van der Waals surface area contributed by atoms with Gasteiger partial charge in [0.05, 0.1) is 6.61 Å². The summed E-state index contributed by atoms with van der Waals surface area (Å²) in [5.74, 6) is 1.15. The van der Waals surface area contributed by atoms with Crippen LogP contribution in [0.25, 0.3) is 0 Å². The van der Waals surface area contributed by atoms with Crippen molar-refractivity contribution in [3.05, 3.63) is 29.3 Å². The Hall–Kier alpha value is -2.04. The minimum atomic E-state index is 0.0530. The van der Waals surface area contributed by atoms with Crippen LogP contribution in [0.3, 0.4) is 0 Å². The van der Waals surface area contributed by atoms with Crippen LogP contribution in [-0.4, -0.2) is 54.4 Å². The van der Waals surface area contributed by atoms with Gasteiger partial charge in [-0.1, -0.05) is 6.92 Å². The fourth-order valence-corrected chi connectivity index (χ4v) is 3.03. The average molecular weight is 302 g/mol. The Balaban J connectivity index is 1.61. The Morgan fingerprint density at radius 3 is 2.59 bits per heavy atom. The first kappa shape index (κ1) is 14.9. The van der Waals surface area contributed by atoms with Gasteiger partial charge in [-0.2, -0.15) is 0 Å². The van der Waals surface area contributed by atoms with Crippen molar-refractivity contribution in [1.82, 2.24) is 9.80 Å². The van der Waals surface area contributed by atoms with Crippen LogP contribution >= 0.6 is 0 Å². The Labute approximate surface area is 130 Å². The zero-order chi connectivity index (χ0) is 15.5. The minimum absolute atomic E-state index is 0.0530. The van der Waals surface area contributed by atoms with E-state index in [4.69, 9.17) is 4.74 Å². The first-order valence-corrected chi connectivity index (χ1v) is 8.02. The second-order valence-electron chi connectivity index (χ2n) is 5.84. The van der Waals surface area contributed by atoms with E-state index in [1.54, 1.807) is 0 Å². The van der Waals surface area contributed by atoms with E-state index in [1.165, 1.54) is 0 Å². The van der Waals surface area contributed by atoms with Crippen molar-refractivity contribution in [2.45, 2.75) is 26.2 Å². The molecule has 5 nitrogen and oxygen atoms in total. The number of ether oxygens (including phenoxy) is 1. The summed E-state index contributed by atoms with van der Waals surface area (Å²) >= 11 is 0. The molecule has 2 amide bonds. The third-order valence-electron chi connectivity index (χ3n) is 4.32. The van der Waals surface area contributed by atoms with Crippen molar-refractivity contribution in [2.75, 3.05) is 32.8 Å². The number of nitrogens with zero attached hydrogens (tertiary/aromatic N) is 2. The van der Waals surface area contributed by atoms with Crippen molar-refractivity contribution in [2.24, 2.45) is 0 Å². The molecule has 2 aliphatic rings. The van der Waals surface area contributed by atoms with E-state index < -0.39 is 0 Å². The number of carbonyl (C=O) groups excluding carboxylic acids is 2. The van der Waals surface area contributed by atoms with E-state index in [0.717, 1.165) is 29.7 Å². The summed E-state index contributed by atoms with van der Waals surface area (Å²) in [5.41, 5.74) is 1.83. The van der Waals surface area contributed by atoms with Gasteiger partial charge in [-0.25, -0.2) is 0 Å². The van der Waals surface area contributed by atoms with Crippen molar-refractivity contribution in [3.63, 3.8) is 0 Å². The second-order valence-corrected chi connectivity index (χ2v) is 5.84. The first-order valence-electron chi connectivity index (χ1n) is 8.02. The fraction of sp³-hybridized carbons (Fsp3) is 0.529. The summed E-state index contributed by atoms with van der Waals surface area (Å²) < 4.78 is 5.47. The third-order valence-corrected chi connectivity index (χ3v) is 4.32. The number of hydrogen-bond donors (Lipinski definition) is 0. The highest BCUT2D eigenvalue weighted by Gasteiger charge is 2.25. The van der Waals surface area contributed by atoms with Crippen LogP contribution in [0.1, 0.15) is 35.7 Å². The molecule has 5 heteroatoms. The molecule has 0 aliphatic carbocycles. The molecular formula is C17H22N2O3. The number of fused-ring (bicyclic) bond motifs is 1. The van der Waals surface area contributed by atoms with Gasteiger partial charge in [0.25, 0.3) is 5.91 Å². The van der Waals surface area contributed by atoms with Crippen LogP contribution in [0.2, 0.25) is 0 Å². The maximum Gasteiger partial charge on any atom is 0.253 e. The predicted molar refractivity (Wildman–Crippen MR) is 83.0 cm³/mol. The highest BCUT2D eigenvalue weighted by atomic mass is 16.5. The Bertz CT molecular complexity index is 577. The molecule has 0 bridgehead atoms. The van der Waals surface area contributed by atoms with E-state index >= 15 is 0 Å². The molecule has 0 unspecified atom stereocenters. The summed E-state index contributed by atoms with van der Waals surface area (Å²) in [5, 5.41) is 0. The molecule has 0 N–H and O–H groups in total. The van der Waals surface area contributed by atoms with Gasteiger partial charge in [-0.3, -0.25) is 9.59 Å². The van der Waals surface area contributed by atoms with E-state index in [0.29, 0.717) is 39.2 Å². The zero-order valence-electron chi connectivity index (χ0n) is 13.0. The Morgan fingerprint density at radius 1 is 1.14 bits per heavy atom. The van der Waals surface area contributed by atoms with Crippen molar-refractivity contribution >= 4 is 11.8 Å². The molecule has 22 heavy (non-hydrogen) atoms. The Morgan fingerprint density at radius 2 is 1.86 bits per heavy atom. The summed E-state index contributed by atoms with van der Waals surface area (Å²) in [6.45, 7) is 5.21. The highest BCUT2D eigenvalue weighted by molar-refractivity contribution is 5.95. The molecule has 0 saturated carbocycles. The van der Waals surface area contributed by atoms with E-state index in [9.17, 15) is 9.59 Å². The van der Waals surface area contributed by atoms with Crippen LogP contribution in [-0.2, 0) is 11.2 Å². The van der Waals surface area contributed by atoms with Crippen molar-refractivity contribution < 1.29 is 14.3 Å². The number of benzene rings is 1. The van der Waals surface area contributed by atoms with Gasteiger partial charge in [0, 0.05) is 44.6 Å².